The van der Waals surface area contributed by atoms with Gasteiger partial charge in [0, 0.05) is 38.7 Å². The molecule has 0 aliphatic carbocycles. The number of fused-ring (bicyclic) bond motifs is 1. The second kappa shape index (κ2) is 6.64. The third kappa shape index (κ3) is 3.39. The van der Waals surface area contributed by atoms with Crippen molar-refractivity contribution in [3.05, 3.63) is 48.3 Å². The molecule has 0 bridgehead atoms. The lowest BCUT2D eigenvalue weighted by Gasteiger charge is -2.33. The van der Waals surface area contributed by atoms with Gasteiger partial charge in [-0.1, -0.05) is 35.5 Å². The van der Waals surface area contributed by atoms with E-state index in [1.54, 1.807) is 6.92 Å². The van der Waals surface area contributed by atoms with Gasteiger partial charge in [-0.3, -0.25) is 9.69 Å². The summed E-state index contributed by atoms with van der Waals surface area (Å²) in [5.41, 5.74) is 0.929. The van der Waals surface area contributed by atoms with Gasteiger partial charge >= 0.3 is 0 Å². The van der Waals surface area contributed by atoms with E-state index >= 15 is 0 Å². The maximum Gasteiger partial charge on any atom is 0.257 e. The molecule has 1 amide bonds. The monoisotopic (exact) mass is 336 g/mol. The SMILES string of the molecule is CC(=O)N1CCN(Cc2noc(-c3ccc4ccccc4c3)n2)CC1. The lowest BCUT2D eigenvalue weighted by atomic mass is 10.1. The minimum Gasteiger partial charge on any atom is -0.340 e. The smallest absolute Gasteiger partial charge is 0.257 e. The molecule has 25 heavy (non-hydrogen) atoms. The highest BCUT2D eigenvalue weighted by atomic mass is 16.5. The molecular weight excluding hydrogens is 316 g/mol. The van der Waals surface area contributed by atoms with Crippen LogP contribution in [0.5, 0.6) is 0 Å². The largest absolute Gasteiger partial charge is 0.340 e. The molecule has 0 atom stereocenters. The molecule has 0 spiro atoms. The van der Waals surface area contributed by atoms with E-state index in [1.807, 2.05) is 23.1 Å². The zero-order valence-electron chi connectivity index (χ0n) is 14.2. The van der Waals surface area contributed by atoms with Gasteiger partial charge in [0.25, 0.3) is 5.89 Å². The molecule has 6 heteroatoms. The summed E-state index contributed by atoms with van der Waals surface area (Å²) < 4.78 is 5.45. The molecule has 6 nitrogen and oxygen atoms in total. The highest BCUT2D eigenvalue weighted by Crippen LogP contribution is 2.23. The number of aromatic nitrogens is 2. The molecule has 0 unspecified atom stereocenters. The van der Waals surface area contributed by atoms with Crippen molar-refractivity contribution in [1.82, 2.24) is 19.9 Å². The molecule has 1 aromatic heterocycles. The van der Waals surface area contributed by atoms with E-state index < -0.39 is 0 Å². The summed E-state index contributed by atoms with van der Waals surface area (Å²) in [6, 6.07) is 14.3. The molecule has 2 heterocycles. The Morgan fingerprint density at radius 3 is 2.60 bits per heavy atom. The molecular formula is C19H20N4O2. The van der Waals surface area contributed by atoms with Gasteiger partial charge in [-0.2, -0.15) is 4.98 Å². The molecule has 2 aromatic carbocycles. The summed E-state index contributed by atoms with van der Waals surface area (Å²) in [6.07, 6.45) is 0. The first-order valence-electron chi connectivity index (χ1n) is 8.49. The summed E-state index contributed by atoms with van der Waals surface area (Å²) in [5.74, 6) is 1.36. The van der Waals surface area contributed by atoms with Gasteiger partial charge in [-0.05, 0) is 22.9 Å². The number of hydrogen-bond acceptors (Lipinski definition) is 5. The van der Waals surface area contributed by atoms with Crippen molar-refractivity contribution >= 4 is 16.7 Å². The van der Waals surface area contributed by atoms with Crippen LogP contribution in [0.4, 0.5) is 0 Å². The zero-order valence-corrected chi connectivity index (χ0v) is 14.2. The van der Waals surface area contributed by atoms with Gasteiger partial charge in [-0.15, -0.1) is 0 Å². The van der Waals surface area contributed by atoms with E-state index in [4.69, 9.17) is 4.52 Å². The van der Waals surface area contributed by atoms with Crippen LogP contribution in [0.3, 0.4) is 0 Å². The predicted octanol–water partition coefficient (Wildman–Crippen LogP) is 2.55. The van der Waals surface area contributed by atoms with Crippen LogP contribution < -0.4 is 0 Å². The maximum atomic E-state index is 11.4. The lowest BCUT2D eigenvalue weighted by Crippen LogP contribution is -2.47. The van der Waals surface area contributed by atoms with E-state index in [-0.39, 0.29) is 5.91 Å². The minimum atomic E-state index is 0.137. The van der Waals surface area contributed by atoms with Gasteiger partial charge in [0.15, 0.2) is 5.82 Å². The molecule has 1 fully saturated rings. The number of carbonyl (C=O) groups is 1. The number of amides is 1. The van der Waals surface area contributed by atoms with Crippen molar-refractivity contribution in [2.45, 2.75) is 13.5 Å². The fourth-order valence-corrected chi connectivity index (χ4v) is 3.18. The molecule has 3 aromatic rings. The molecule has 4 rings (SSSR count). The summed E-state index contributed by atoms with van der Waals surface area (Å²) in [6.45, 7) is 5.43. The molecule has 1 saturated heterocycles. The topological polar surface area (TPSA) is 62.5 Å². The van der Waals surface area contributed by atoms with Gasteiger partial charge in [0.05, 0.1) is 6.54 Å². The van der Waals surface area contributed by atoms with Crippen LogP contribution in [0.15, 0.2) is 47.0 Å². The van der Waals surface area contributed by atoms with Crippen LogP contribution in [0, 0.1) is 0 Å². The van der Waals surface area contributed by atoms with Crippen LogP contribution in [0.2, 0.25) is 0 Å². The molecule has 0 radical (unpaired) electrons. The number of hydrogen-bond donors (Lipinski definition) is 0. The molecule has 0 N–H and O–H groups in total. The maximum absolute atomic E-state index is 11.4. The van der Waals surface area contributed by atoms with Crippen LogP contribution >= 0.6 is 0 Å². The Bertz CT molecular complexity index is 897. The van der Waals surface area contributed by atoms with E-state index in [2.05, 4.69) is 39.3 Å². The van der Waals surface area contributed by atoms with Crippen molar-refractivity contribution < 1.29 is 9.32 Å². The van der Waals surface area contributed by atoms with Crippen molar-refractivity contribution in [3.63, 3.8) is 0 Å². The van der Waals surface area contributed by atoms with Crippen LogP contribution in [0.25, 0.3) is 22.2 Å². The average molecular weight is 336 g/mol. The first-order valence-corrected chi connectivity index (χ1v) is 8.49. The third-order valence-electron chi connectivity index (χ3n) is 4.65. The average Bonchev–Trinajstić information content (AvgIpc) is 3.10. The van der Waals surface area contributed by atoms with Crippen LogP contribution in [-0.4, -0.2) is 52.0 Å². The number of nitrogens with zero attached hydrogens (tertiary/aromatic N) is 4. The Hall–Kier alpha value is -2.73. The second-order valence-electron chi connectivity index (χ2n) is 6.36. The van der Waals surface area contributed by atoms with Crippen molar-refractivity contribution in [3.8, 4) is 11.5 Å². The van der Waals surface area contributed by atoms with Crippen molar-refractivity contribution in [2.75, 3.05) is 26.2 Å². The molecule has 1 aliphatic rings. The summed E-state index contributed by atoms with van der Waals surface area (Å²) in [7, 11) is 0. The predicted molar refractivity (Wildman–Crippen MR) is 94.8 cm³/mol. The van der Waals surface area contributed by atoms with Gasteiger partial charge < -0.3 is 9.42 Å². The van der Waals surface area contributed by atoms with Crippen molar-refractivity contribution in [2.24, 2.45) is 0 Å². The fourth-order valence-electron chi connectivity index (χ4n) is 3.18. The van der Waals surface area contributed by atoms with Gasteiger partial charge in [-0.25, -0.2) is 0 Å². The Labute approximate surface area is 146 Å². The van der Waals surface area contributed by atoms with E-state index in [9.17, 15) is 4.79 Å². The first-order chi connectivity index (χ1) is 12.2. The third-order valence-corrected chi connectivity index (χ3v) is 4.65. The minimum absolute atomic E-state index is 0.137. The van der Waals surface area contributed by atoms with E-state index in [0.717, 1.165) is 37.1 Å². The van der Waals surface area contributed by atoms with Crippen molar-refractivity contribution in [1.29, 1.82) is 0 Å². The van der Waals surface area contributed by atoms with E-state index in [1.165, 1.54) is 5.39 Å². The quantitative estimate of drug-likeness (QED) is 0.735. The Morgan fingerprint density at radius 2 is 1.84 bits per heavy atom. The van der Waals surface area contributed by atoms with Crippen LogP contribution in [-0.2, 0) is 11.3 Å². The number of piperazine rings is 1. The second-order valence-corrected chi connectivity index (χ2v) is 6.36. The van der Waals surface area contributed by atoms with Gasteiger partial charge in [0.2, 0.25) is 5.91 Å². The number of rotatable bonds is 3. The lowest BCUT2D eigenvalue weighted by molar-refractivity contribution is -0.130. The standard InChI is InChI=1S/C19H20N4O2/c1-14(24)23-10-8-22(9-11-23)13-18-20-19(25-21-18)17-7-6-15-4-2-3-5-16(15)12-17/h2-7,12H,8-11,13H2,1H3. The molecule has 128 valence electrons. The van der Waals surface area contributed by atoms with E-state index in [0.29, 0.717) is 18.3 Å². The fraction of sp³-hybridized carbons (Fsp3) is 0.316. The molecule has 0 saturated carbocycles. The summed E-state index contributed by atoms with van der Waals surface area (Å²) in [4.78, 5) is 20.0. The number of carbonyl (C=O) groups excluding carboxylic acids is 1. The normalized spacial score (nSPS) is 15.6. The summed E-state index contributed by atoms with van der Waals surface area (Å²) >= 11 is 0. The summed E-state index contributed by atoms with van der Waals surface area (Å²) in [5, 5.41) is 6.45. The number of benzene rings is 2. The Morgan fingerprint density at radius 1 is 1.08 bits per heavy atom. The Balaban J connectivity index is 1.45. The first kappa shape index (κ1) is 15.8. The zero-order chi connectivity index (χ0) is 17.2. The Kier molecular flexibility index (Phi) is 4.19. The highest BCUT2D eigenvalue weighted by Gasteiger charge is 2.20. The van der Waals surface area contributed by atoms with Gasteiger partial charge in [0.1, 0.15) is 0 Å². The van der Waals surface area contributed by atoms with Crippen LogP contribution in [0.1, 0.15) is 12.7 Å². The highest BCUT2D eigenvalue weighted by molar-refractivity contribution is 5.86. The molecule has 1 aliphatic heterocycles.